The van der Waals surface area contributed by atoms with Gasteiger partial charge in [-0.1, -0.05) is 0 Å². The number of pyridine rings is 2. The maximum atomic E-state index is 12.9. The summed E-state index contributed by atoms with van der Waals surface area (Å²) in [5.41, 5.74) is 2.20. The summed E-state index contributed by atoms with van der Waals surface area (Å²) in [7, 11) is 0. The number of amides is 2. The van der Waals surface area contributed by atoms with Crippen LogP contribution in [0.1, 0.15) is 31.0 Å². The topological polar surface area (TPSA) is 96.3 Å². The van der Waals surface area contributed by atoms with E-state index in [2.05, 4.69) is 25.8 Å². The van der Waals surface area contributed by atoms with E-state index in [0.29, 0.717) is 16.7 Å². The summed E-state index contributed by atoms with van der Waals surface area (Å²) >= 11 is 0. The number of aromatic nitrogens is 2. The van der Waals surface area contributed by atoms with Gasteiger partial charge in [0.05, 0.1) is 5.92 Å². The zero-order valence-electron chi connectivity index (χ0n) is 14.5. The molecular weight excluding hydrogens is 363 g/mol. The normalized spacial score (nSPS) is 17.0. The molecule has 0 aromatic carbocycles. The standard InChI is InChI=1S/C17H16F3N5O2/c1-8-7-12(17(18,19)20)21-15-10(8)3-5-13(23-15)22-14(26)6-4-11-9(2)24-25-16(11)27/h3,5,7,11H,4,6H2,1-2H3,(H,25,27)(H,21,22,23,26). The molecule has 0 saturated carbocycles. The van der Waals surface area contributed by atoms with E-state index < -0.39 is 23.7 Å². The van der Waals surface area contributed by atoms with Crippen molar-refractivity contribution in [1.82, 2.24) is 15.4 Å². The van der Waals surface area contributed by atoms with E-state index in [0.717, 1.165) is 6.07 Å². The monoisotopic (exact) mass is 379 g/mol. The average Bonchev–Trinajstić information content (AvgIpc) is 2.90. The van der Waals surface area contributed by atoms with Gasteiger partial charge in [-0.25, -0.2) is 15.4 Å². The Bertz CT molecular complexity index is 955. The van der Waals surface area contributed by atoms with Gasteiger partial charge in [-0.15, -0.1) is 0 Å². The number of nitrogens with zero attached hydrogens (tertiary/aromatic N) is 3. The van der Waals surface area contributed by atoms with Gasteiger partial charge in [-0.3, -0.25) is 9.59 Å². The minimum atomic E-state index is -4.58. The number of anilines is 1. The molecule has 3 heterocycles. The maximum absolute atomic E-state index is 12.9. The Hall–Kier alpha value is -3.04. The van der Waals surface area contributed by atoms with Crippen molar-refractivity contribution < 1.29 is 22.8 Å². The van der Waals surface area contributed by atoms with Crippen LogP contribution in [0.25, 0.3) is 11.0 Å². The number of hydrogen-bond donors (Lipinski definition) is 2. The molecule has 142 valence electrons. The first-order chi connectivity index (χ1) is 12.6. The maximum Gasteiger partial charge on any atom is 0.433 e. The third-order valence-corrected chi connectivity index (χ3v) is 4.26. The lowest BCUT2D eigenvalue weighted by Gasteiger charge is -2.11. The van der Waals surface area contributed by atoms with Crippen LogP contribution in [0, 0.1) is 12.8 Å². The lowest BCUT2D eigenvalue weighted by Crippen LogP contribution is -2.24. The molecule has 1 unspecified atom stereocenters. The molecule has 0 spiro atoms. The smallest absolute Gasteiger partial charge is 0.311 e. The molecule has 0 fully saturated rings. The highest BCUT2D eigenvalue weighted by molar-refractivity contribution is 6.07. The van der Waals surface area contributed by atoms with Crippen molar-refractivity contribution in [2.45, 2.75) is 32.9 Å². The second-order valence-electron chi connectivity index (χ2n) is 6.26. The second-order valence-corrected chi connectivity index (χ2v) is 6.26. The predicted molar refractivity (Wildman–Crippen MR) is 91.9 cm³/mol. The van der Waals surface area contributed by atoms with Crippen LogP contribution in [0.3, 0.4) is 0 Å². The number of alkyl halides is 3. The number of fused-ring (bicyclic) bond motifs is 1. The summed E-state index contributed by atoms with van der Waals surface area (Å²) in [4.78, 5) is 31.2. The second kappa shape index (κ2) is 6.93. The number of aryl methyl sites for hydroxylation is 1. The van der Waals surface area contributed by atoms with E-state index in [1.807, 2.05) is 0 Å². The molecule has 2 aromatic heterocycles. The van der Waals surface area contributed by atoms with Crippen molar-refractivity contribution in [2.75, 3.05) is 5.32 Å². The first-order valence-corrected chi connectivity index (χ1v) is 8.14. The van der Waals surface area contributed by atoms with Gasteiger partial charge >= 0.3 is 6.18 Å². The minimum Gasteiger partial charge on any atom is -0.311 e. The number of rotatable bonds is 4. The molecule has 1 aliphatic rings. The molecule has 0 saturated heterocycles. The number of hydrazone groups is 1. The van der Waals surface area contributed by atoms with E-state index in [1.54, 1.807) is 13.0 Å². The summed E-state index contributed by atoms with van der Waals surface area (Å²) in [5.74, 6) is -1.03. The summed E-state index contributed by atoms with van der Waals surface area (Å²) in [6, 6.07) is 4.01. The lowest BCUT2D eigenvalue weighted by atomic mass is 9.98. The van der Waals surface area contributed by atoms with Gasteiger partial charge in [0.1, 0.15) is 11.5 Å². The predicted octanol–water partition coefficient (Wildman–Crippen LogP) is 2.80. The lowest BCUT2D eigenvalue weighted by molar-refractivity contribution is -0.141. The molecule has 2 amide bonds. The zero-order chi connectivity index (χ0) is 19.8. The van der Waals surface area contributed by atoms with Crippen LogP contribution < -0.4 is 10.7 Å². The largest absolute Gasteiger partial charge is 0.433 e. The molecule has 0 aliphatic carbocycles. The average molecular weight is 379 g/mol. The van der Waals surface area contributed by atoms with Crippen molar-refractivity contribution >= 4 is 34.4 Å². The summed E-state index contributed by atoms with van der Waals surface area (Å²) in [6.07, 6.45) is -4.27. The van der Waals surface area contributed by atoms with Gasteiger partial charge in [0.15, 0.2) is 5.65 Å². The zero-order valence-corrected chi connectivity index (χ0v) is 14.5. The fourth-order valence-electron chi connectivity index (χ4n) is 2.80. The van der Waals surface area contributed by atoms with Crippen LogP contribution in [0.15, 0.2) is 23.3 Å². The van der Waals surface area contributed by atoms with Crippen molar-refractivity contribution in [1.29, 1.82) is 0 Å². The molecular formula is C17H16F3N5O2. The highest BCUT2D eigenvalue weighted by atomic mass is 19.4. The van der Waals surface area contributed by atoms with Gasteiger partial charge in [0, 0.05) is 17.5 Å². The number of halogens is 3. The third kappa shape index (κ3) is 4.04. The summed E-state index contributed by atoms with van der Waals surface area (Å²) < 4.78 is 38.7. The minimum absolute atomic E-state index is 0.0414. The van der Waals surface area contributed by atoms with E-state index in [4.69, 9.17) is 0 Å². The van der Waals surface area contributed by atoms with Gasteiger partial charge in [-0.05, 0) is 44.0 Å². The van der Waals surface area contributed by atoms with Crippen molar-refractivity contribution in [3.63, 3.8) is 0 Å². The fraction of sp³-hybridized carbons (Fsp3) is 0.353. The quantitative estimate of drug-likeness (QED) is 0.854. The Morgan fingerprint density at radius 3 is 2.63 bits per heavy atom. The van der Waals surface area contributed by atoms with Crippen LogP contribution in [0.2, 0.25) is 0 Å². The van der Waals surface area contributed by atoms with E-state index in [1.165, 1.54) is 13.0 Å². The summed E-state index contributed by atoms with van der Waals surface area (Å²) in [5, 5.41) is 6.79. The first kappa shape index (κ1) is 18.7. The van der Waals surface area contributed by atoms with Gasteiger partial charge in [0.25, 0.3) is 0 Å². The van der Waals surface area contributed by atoms with E-state index >= 15 is 0 Å². The van der Waals surface area contributed by atoms with E-state index in [-0.39, 0.29) is 30.2 Å². The van der Waals surface area contributed by atoms with Crippen LogP contribution in [0.5, 0.6) is 0 Å². The Labute approximate surface area is 152 Å². The Balaban J connectivity index is 1.74. The molecule has 1 atom stereocenters. The molecule has 10 heteroatoms. The molecule has 0 radical (unpaired) electrons. The number of carbonyl (C=O) groups excluding carboxylic acids is 2. The van der Waals surface area contributed by atoms with Crippen molar-refractivity contribution in [3.05, 3.63) is 29.5 Å². The van der Waals surface area contributed by atoms with Crippen LogP contribution in [-0.2, 0) is 15.8 Å². The molecule has 3 rings (SSSR count). The number of hydrogen-bond acceptors (Lipinski definition) is 5. The number of carbonyl (C=O) groups is 2. The van der Waals surface area contributed by atoms with Crippen LogP contribution in [-0.4, -0.2) is 27.5 Å². The highest BCUT2D eigenvalue weighted by Gasteiger charge is 2.33. The summed E-state index contributed by atoms with van der Waals surface area (Å²) in [6.45, 7) is 3.23. The molecule has 27 heavy (non-hydrogen) atoms. The van der Waals surface area contributed by atoms with E-state index in [9.17, 15) is 22.8 Å². The van der Waals surface area contributed by atoms with Crippen molar-refractivity contribution in [3.8, 4) is 0 Å². The van der Waals surface area contributed by atoms with Crippen molar-refractivity contribution in [2.24, 2.45) is 11.0 Å². The molecule has 1 aliphatic heterocycles. The Kier molecular flexibility index (Phi) is 4.81. The Morgan fingerprint density at radius 1 is 1.26 bits per heavy atom. The SMILES string of the molecule is CC1=NNC(=O)C1CCC(=O)Nc1ccc2c(C)cc(C(F)(F)F)nc2n1. The van der Waals surface area contributed by atoms with Gasteiger partial charge in [-0.2, -0.15) is 18.3 Å². The fourth-order valence-corrected chi connectivity index (χ4v) is 2.80. The number of nitrogens with one attached hydrogen (secondary N) is 2. The molecule has 0 bridgehead atoms. The van der Waals surface area contributed by atoms with Gasteiger partial charge in [0.2, 0.25) is 11.8 Å². The highest BCUT2D eigenvalue weighted by Crippen LogP contribution is 2.30. The third-order valence-electron chi connectivity index (χ3n) is 4.26. The Morgan fingerprint density at radius 2 is 2.00 bits per heavy atom. The molecule has 2 N–H and O–H groups in total. The van der Waals surface area contributed by atoms with Crippen LogP contribution >= 0.6 is 0 Å². The first-order valence-electron chi connectivity index (χ1n) is 8.14. The van der Waals surface area contributed by atoms with Gasteiger partial charge < -0.3 is 5.32 Å². The molecule has 2 aromatic rings. The molecule has 7 nitrogen and oxygen atoms in total. The van der Waals surface area contributed by atoms with Crippen LogP contribution in [0.4, 0.5) is 19.0 Å².